The molecule has 0 aliphatic rings. The number of hydrogen-bond donors (Lipinski definition) is 3. The number of rotatable bonds is 5. The summed E-state index contributed by atoms with van der Waals surface area (Å²) in [5.41, 5.74) is 1.66. The molecule has 0 spiro atoms. The molecular weight excluding hydrogens is 311 g/mol. The van der Waals surface area contributed by atoms with Crippen molar-refractivity contribution in [1.82, 2.24) is 20.3 Å². The minimum Gasteiger partial charge on any atom is -0.357 e. The van der Waals surface area contributed by atoms with Crippen molar-refractivity contribution in [2.24, 2.45) is 0 Å². The van der Waals surface area contributed by atoms with E-state index >= 15 is 0 Å². The van der Waals surface area contributed by atoms with Gasteiger partial charge in [-0.3, -0.25) is 9.59 Å². The average molecular weight is 328 g/mol. The number of aromatic nitrogens is 3. The van der Waals surface area contributed by atoms with Crippen LogP contribution in [0.2, 0.25) is 0 Å². The Bertz CT molecular complexity index is 994. The Kier molecular flexibility index (Phi) is 4.52. The third kappa shape index (κ3) is 3.75. The Morgan fingerprint density at radius 2 is 2.00 bits per heavy atom. The minimum absolute atomic E-state index is 0.163. The largest absolute Gasteiger partial charge is 0.357 e. The zero-order chi connectivity index (χ0) is 17.1. The highest BCUT2D eigenvalue weighted by Crippen LogP contribution is 2.10. The Hall–Kier alpha value is -2.80. The van der Waals surface area contributed by atoms with Gasteiger partial charge in [0.1, 0.15) is 11.6 Å². The SMILES string of the molecule is Cc1nc(CCNCc2cc(=O)c3cc(F)ccc3[nH]2)cc(=O)[nH]1. The summed E-state index contributed by atoms with van der Waals surface area (Å²) in [7, 11) is 0. The van der Waals surface area contributed by atoms with Crippen LogP contribution in [0.3, 0.4) is 0 Å². The molecule has 0 radical (unpaired) electrons. The van der Waals surface area contributed by atoms with Gasteiger partial charge in [-0.15, -0.1) is 0 Å². The number of aryl methyl sites for hydroxylation is 1. The zero-order valence-electron chi connectivity index (χ0n) is 13.1. The lowest BCUT2D eigenvalue weighted by Gasteiger charge is -2.07. The first-order valence-corrected chi connectivity index (χ1v) is 7.60. The quantitative estimate of drug-likeness (QED) is 0.617. The summed E-state index contributed by atoms with van der Waals surface area (Å²) in [5.74, 6) is 0.156. The Labute approximate surface area is 136 Å². The van der Waals surface area contributed by atoms with Crippen LogP contribution in [0, 0.1) is 12.7 Å². The van der Waals surface area contributed by atoms with Gasteiger partial charge in [-0.05, 0) is 25.1 Å². The van der Waals surface area contributed by atoms with Crippen LogP contribution in [0.4, 0.5) is 4.39 Å². The molecular formula is C17H17FN4O2. The fraction of sp³-hybridized carbons (Fsp3) is 0.235. The summed E-state index contributed by atoms with van der Waals surface area (Å²) >= 11 is 0. The van der Waals surface area contributed by atoms with Gasteiger partial charge in [0.05, 0.1) is 0 Å². The highest BCUT2D eigenvalue weighted by Gasteiger charge is 2.04. The van der Waals surface area contributed by atoms with E-state index in [1.807, 2.05) is 0 Å². The smallest absolute Gasteiger partial charge is 0.251 e. The number of nitrogens with one attached hydrogen (secondary N) is 3. The van der Waals surface area contributed by atoms with E-state index in [-0.39, 0.29) is 11.0 Å². The van der Waals surface area contributed by atoms with Crippen molar-refractivity contribution in [3.05, 3.63) is 73.9 Å². The van der Waals surface area contributed by atoms with Crippen LogP contribution in [0.15, 0.2) is 39.9 Å². The number of nitrogens with zero attached hydrogens (tertiary/aromatic N) is 1. The number of halogens is 1. The van der Waals surface area contributed by atoms with Crippen molar-refractivity contribution in [3.63, 3.8) is 0 Å². The Balaban J connectivity index is 1.64. The monoisotopic (exact) mass is 328 g/mol. The van der Waals surface area contributed by atoms with Gasteiger partial charge < -0.3 is 15.3 Å². The third-order valence-electron chi connectivity index (χ3n) is 3.63. The molecule has 2 aromatic heterocycles. The molecule has 124 valence electrons. The lowest BCUT2D eigenvalue weighted by atomic mass is 10.2. The first-order valence-electron chi connectivity index (χ1n) is 7.60. The van der Waals surface area contributed by atoms with Gasteiger partial charge in [-0.1, -0.05) is 0 Å². The summed E-state index contributed by atoms with van der Waals surface area (Å²) in [5, 5.41) is 3.53. The van der Waals surface area contributed by atoms with E-state index in [0.29, 0.717) is 47.6 Å². The van der Waals surface area contributed by atoms with Crippen LogP contribution in [0.5, 0.6) is 0 Å². The first kappa shape index (κ1) is 16.1. The molecule has 0 bridgehead atoms. The highest BCUT2D eigenvalue weighted by atomic mass is 19.1. The van der Waals surface area contributed by atoms with Gasteiger partial charge in [0, 0.05) is 53.9 Å². The lowest BCUT2D eigenvalue weighted by molar-refractivity contribution is 0.629. The second kappa shape index (κ2) is 6.76. The number of hydrogen-bond acceptors (Lipinski definition) is 4. The molecule has 0 unspecified atom stereocenters. The minimum atomic E-state index is -0.431. The summed E-state index contributed by atoms with van der Waals surface area (Å²) in [6.07, 6.45) is 0.605. The molecule has 0 atom stereocenters. The molecule has 0 fully saturated rings. The van der Waals surface area contributed by atoms with Crippen molar-refractivity contribution in [3.8, 4) is 0 Å². The van der Waals surface area contributed by atoms with E-state index in [9.17, 15) is 14.0 Å². The number of aromatic amines is 2. The summed E-state index contributed by atoms with van der Waals surface area (Å²) in [6.45, 7) is 2.81. The normalized spacial score (nSPS) is 11.1. The molecule has 3 aromatic rings. The Morgan fingerprint density at radius 1 is 1.17 bits per heavy atom. The second-order valence-corrected chi connectivity index (χ2v) is 5.60. The second-order valence-electron chi connectivity index (χ2n) is 5.60. The van der Waals surface area contributed by atoms with Crippen molar-refractivity contribution in [1.29, 1.82) is 0 Å². The van der Waals surface area contributed by atoms with Crippen LogP contribution < -0.4 is 16.3 Å². The molecule has 7 heteroatoms. The topological polar surface area (TPSA) is 90.6 Å². The molecule has 3 N–H and O–H groups in total. The van der Waals surface area contributed by atoms with Gasteiger partial charge in [-0.25, -0.2) is 9.37 Å². The molecule has 1 aromatic carbocycles. The van der Waals surface area contributed by atoms with E-state index in [0.717, 1.165) is 0 Å². The fourth-order valence-electron chi connectivity index (χ4n) is 2.58. The average Bonchev–Trinajstić information content (AvgIpc) is 2.51. The van der Waals surface area contributed by atoms with Gasteiger partial charge >= 0.3 is 0 Å². The van der Waals surface area contributed by atoms with Gasteiger partial charge in [-0.2, -0.15) is 0 Å². The van der Waals surface area contributed by atoms with Crippen molar-refractivity contribution in [2.45, 2.75) is 19.9 Å². The summed E-state index contributed by atoms with van der Waals surface area (Å²) < 4.78 is 13.2. The lowest BCUT2D eigenvalue weighted by Crippen LogP contribution is -2.20. The highest BCUT2D eigenvalue weighted by molar-refractivity contribution is 5.78. The predicted molar refractivity (Wildman–Crippen MR) is 89.5 cm³/mol. The summed E-state index contributed by atoms with van der Waals surface area (Å²) in [4.78, 5) is 33.4. The van der Waals surface area contributed by atoms with Crippen molar-refractivity contribution >= 4 is 10.9 Å². The number of benzene rings is 1. The maximum Gasteiger partial charge on any atom is 0.251 e. The molecule has 3 rings (SSSR count). The van der Waals surface area contributed by atoms with Crippen LogP contribution in [-0.4, -0.2) is 21.5 Å². The fourth-order valence-corrected chi connectivity index (χ4v) is 2.58. The van der Waals surface area contributed by atoms with E-state index in [4.69, 9.17) is 0 Å². The van der Waals surface area contributed by atoms with Crippen molar-refractivity contribution < 1.29 is 4.39 Å². The molecule has 6 nitrogen and oxygen atoms in total. The maximum absolute atomic E-state index is 13.2. The molecule has 2 heterocycles. The van der Waals surface area contributed by atoms with Crippen LogP contribution in [0.1, 0.15) is 17.2 Å². The van der Waals surface area contributed by atoms with Crippen molar-refractivity contribution in [2.75, 3.05) is 6.54 Å². The maximum atomic E-state index is 13.2. The molecule has 0 saturated heterocycles. The molecule has 0 saturated carbocycles. The van der Waals surface area contributed by atoms with Gasteiger partial charge in [0.25, 0.3) is 5.56 Å². The Morgan fingerprint density at radius 3 is 2.79 bits per heavy atom. The zero-order valence-corrected chi connectivity index (χ0v) is 13.1. The molecule has 0 amide bonds. The summed E-state index contributed by atoms with van der Waals surface area (Å²) in [6, 6.07) is 7.03. The number of pyridine rings is 1. The van der Waals surface area contributed by atoms with Crippen LogP contribution >= 0.6 is 0 Å². The van der Waals surface area contributed by atoms with E-state index in [2.05, 4.69) is 20.3 Å². The molecule has 24 heavy (non-hydrogen) atoms. The van der Waals surface area contributed by atoms with Crippen LogP contribution in [0.25, 0.3) is 10.9 Å². The predicted octanol–water partition coefficient (Wildman–Crippen LogP) is 1.39. The number of fused-ring (bicyclic) bond motifs is 1. The number of H-pyrrole nitrogens is 2. The molecule has 0 aliphatic heterocycles. The van der Waals surface area contributed by atoms with Crippen LogP contribution in [-0.2, 0) is 13.0 Å². The first-order chi connectivity index (χ1) is 11.5. The van der Waals surface area contributed by atoms with Gasteiger partial charge in [0.15, 0.2) is 5.43 Å². The van der Waals surface area contributed by atoms with Gasteiger partial charge in [0.2, 0.25) is 0 Å². The molecule has 0 aliphatic carbocycles. The van der Waals surface area contributed by atoms with E-state index in [1.165, 1.54) is 24.3 Å². The van der Waals surface area contributed by atoms with E-state index < -0.39 is 5.82 Å². The standard InChI is InChI=1S/C17H17FN4O2/c1-10-20-12(8-17(24)21-10)4-5-19-9-13-7-16(23)14-6-11(18)2-3-15(14)22-13/h2-3,6-8,19H,4-5,9H2,1H3,(H,22,23)(H,20,21,24). The van der Waals surface area contributed by atoms with E-state index in [1.54, 1.807) is 13.0 Å². The third-order valence-corrected chi connectivity index (χ3v) is 3.63.